The molecule has 2 amide bonds. The van der Waals surface area contributed by atoms with E-state index >= 15 is 0 Å². The van der Waals surface area contributed by atoms with Crippen molar-refractivity contribution in [1.82, 2.24) is 10.2 Å². The van der Waals surface area contributed by atoms with Crippen molar-refractivity contribution in [3.63, 3.8) is 0 Å². The fourth-order valence-electron chi connectivity index (χ4n) is 3.42. The van der Waals surface area contributed by atoms with E-state index in [1.807, 2.05) is 70.2 Å². The molecule has 0 fully saturated rings. The van der Waals surface area contributed by atoms with Gasteiger partial charge in [0.05, 0.1) is 4.47 Å². The maximum Gasteiger partial charge on any atom is 0.261 e. The summed E-state index contributed by atoms with van der Waals surface area (Å²) in [5, 5.41) is 2.98. The van der Waals surface area contributed by atoms with Gasteiger partial charge in [0.1, 0.15) is 11.8 Å². The van der Waals surface area contributed by atoms with Crippen LogP contribution in [0.1, 0.15) is 50.8 Å². The molecule has 0 bridgehead atoms. The molecule has 0 heterocycles. The first-order valence-electron chi connectivity index (χ1n) is 11.3. The van der Waals surface area contributed by atoms with Crippen molar-refractivity contribution in [2.75, 3.05) is 13.2 Å². The van der Waals surface area contributed by atoms with E-state index in [1.54, 1.807) is 4.90 Å². The molecule has 2 rings (SSSR count). The largest absolute Gasteiger partial charge is 0.483 e. The molecular formula is C26H35BrN2O3. The number of nitrogens with one attached hydrogen (secondary N) is 1. The second-order valence-corrected chi connectivity index (χ2v) is 9.27. The average Bonchev–Trinajstić information content (AvgIpc) is 2.77. The van der Waals surface area contributed by atoms with Crippen LogP contribution in [0.15, 0.2) is 46.9 Å². The number of aryl methyl sites for hydroxylation is 2. The maximum atomic E-state index is 13.3. The molecule has 0 saturated carbocycles. The fourth-order valence-corrected chi connectivity index (χ4v) is 3.96. The third-order valence-electron chi connectivity index (χ3n) is 5.43. The van der Waals surface area contributed by atoms with Crippen LogP contribution in [-0.2, 0) is 22.6 Å². The smallest absolute Gasteiger partial charge is 0.261 e. The predicted octanol–water partition coefficient (Wildman–Crippen LogP) is 5.28. The van der Waals surface area contributed by atoms with E-state index in [9.17, 15) is 9.59 Å². The highest BCUT2D eigenvalue weighted by Crippen LogP contribution is 2.26. The number of ether oxygens (including phenoxy) is 1. The van der Waals surface area contributed by atoms with E-state index in [1.165, 1.54) is 5.56 Å². The second-order valence-electron chi connectivity index (χ2n) is 8.42. The van der Waals surface area contributed by atoms with Crippen molar-refractivity contribution in [3.05, 3.63) is 63.6 Å². The minimum Gasteiger partial charge on any atom is -0.483 e. The maximum absolute atomic E-state index is 13.3. The average molecular weight is 503 g/mol. The highest BCUT2D eigenvalue weighted by atomic mass is 79.9. The van der Waals surface area contributed by atoms with Crippen molar-refractivity contribution < 1.29 is 14.3 Å². The van der Waals surface area contributed by atoms with Gasteiger partial charge in [0.15, 0.2) is 6.61 Å². The Balaban J connectivity index is 2.22. The highest BCUT2D eigenvalue weighted by molar-refractivity contribution is 9.10. The van der Waals surface area contributed by atoms with Gasteiger partial charge in [-0.2, -0.15) is 0 Å². The van der Waals surface area contributed by atoms with Crippen molar-refractivity contribution >= 4 is 27.7 Å². The summed E-state index contributed by atoms with van der Waals surface area (Å²) in [4.78, 5) is 27.9. The molecule has 0 radical (unpaired) electrons. The van der Waals surface area contributed by atoms with E-state index in [-0.39, 0.29) is 18.4 Å². The molecule has 2 aromatic carbocycles. The molecule has 32 heavy (non-hydrogen) atoms. The first-order valence-corrected chi connectivity index (χ1v) is 12.1. The Hall–Kier alpha value is -2.34. The van der Waals surface area contributed by atoms with Gasteiger partial charge in [0, 0.05) is 13.1 Å². The third-order valence-corrected chi connectivity index (χ3v) is 6.05. The Bertz CT molecular complexity index is 914. The van der Waals surface area contributed by atoms with Crippen LogP contribution in [0.2, 0.25) is 0 Å². The van der Waals surface area contributed by atoms with Gasteiger partial charge in [-0.3, -0.25) is 9.59 Å². The van der Waals surface area contributed by atoms with Crippen molar-refractivity contribution in [1.29, 1.82) is 0 Å². The zero-order valence-electron chi connectivity index (χ0n) is 19.8. The lowest BCUT2D eigenvalue weighted by Gasteiger charge is -2.31. The lowest BCUT2D eigenvalue weighted by Crippen LogP contribution is -2.50. The molecule has 0 aliphatic carbocycles. The van der Waals surface area contributed by atoms with Gasteiger partial charge >= 0.3 is 0 Å². The summed E-state index contributed by atoms with van der Waals surface area (Å²) in [5.41, 5.74) is 3.29. The van der Waals surface area contributed by atoms with Gasteiger partial charge < -0.3 is 15.0 Å². The van der Waals surface area contributed by atoms with Crippen LogP contribution >= 0.6 is 15.9 Å². The molecule has 0 unspecified atom stereocenters. The van der Waals surface area contributed by atoms with Crippen LogP contribution in [0.25, 0.3) is 0 Å². The van der Waals surface area contributed by atoms with Crippen LogP contribution in [-0.4, -0.2) is 35.9 Å². The summed E-state index contributed by atoms with van der Waals surface area (Å²) in [5.74, 6) is 0.607. The normalized spacial score (nSPS) is 11.8. The van der Waals surface area contributed by atoms with Gasteiger partial charge in [0.25, 0.3) is 5.91 Å². The zero-order chi connectivity index (χ0) is 23.7. The molecule has 174 valence electrons. The quantitative estimate of drug-likeness (QED) is 0.454. The summed E-state index contributed by atoms with van der Waals surface area (Å²) < 4.78 is 6.67. The van der Waals surface area contributed by atoms with Crippen molar-refractivity contribution in [2.45, 2.75) is 60.0 Å². The Kier molecular flexibility index (Phi) is 10.2. The highest BCUT2D eigenvalue weighted by Gasteiger charge is 2.29. The molecular weight excluding hydrogens is 468 g/mol. The number of hydrogen-bond acceptors (Lipinski definition) is 3. The zero-order valence-corrected chi connectivity index (χ0v) is 21.4. The molecule has 2 aromatic rings. The van der Waals surface area contributed by atoms with Gasteiger partial charge in [-0.1, -0.05) is 58.0 Å². The standard InChI is InChI=1S/C26H35BrN2O3/c1-6-20-12-13-24(22(27)14-20)32-17-25(30)29(16-21-11-9-8-10-19(21)5)23(7-2)26(31)28-15-18(3)4/h8-14,18,23H,6-7,15-17H2,1-5H3,(H,28,31)/t23-/m1/s1. The summed E-state index contributed by atoms with van der Waals surface area (Å²) >= 11 is 3.52. The summed E-state index contributed by atoms with van der Waals surface area (Å²) in [6, 6.07) is 13.2. The van der Waals surface area contributed by atoms with E-state index in [0.29, 0.717) is 31.2 Å². The Morgan fingerprint density at radius 2 is 1.84 bits per heavy atom. The van der Waals surface area contributed by atoms with Crippen LogP contribution in [0.4, 0.5) is 0 Å². The first kappa shape index (κ1) is 25.9. The Morgan fingerprint density at radius 1 is 1.12 bits per heavy atom. The number of halogens is 1. The lowest BCUT2D eigenvalue weighted by atomic mass is 10.1. The molecule has 0 saturated heterocycles. The minimum atomic E-state index is -0.560. The molecule has 0 aliphatic rings. The van der Waals surface area contributed by atoms with Gasteiger partial charge in [-0.15, -0.1) is 0 Å². The van der Waals surface area contributed by atoms with E-state index in [4.69, 9.17) is 4.74 Å². The van der Waals surface area contributed by atoms with E-state index in [2.05, 4.69) is 28.2 Å². The number of rotatable bonds is 11. The number of carbonyl (C=O) groups is 2. The molecule has 1 N–H and O–H groups in total. The second kappa shape index (κ2) is 12.6. The number of amides is 2. The van der Waals surface area contributed by atoms with Gasteiger partial charge in [-0.25, -0.2) is 0 Å². The molecule has 5 nitrogen and oxygen atoms in total. The van der Waals surface area contributed by atoms with Crippen LogP contribution < -0.4 is 10.1 Å². The number of nitrogens with zero attached hydrogens (tertiary/aromatic N) is 1. The van der Waals surface area contributed by atoms with Gasteiger partial charge in [-0.05, 0) is 70.4 Å². The number of carbonyl (C=O) groups excluding carboxylic acids is 2. The Morgan fingerprint density at radius 3 is 2.44 bits per heavy atom. The van der Waals surface area contributed by atoms with Crippen LogP contribution in [0.5, 0.6) is 5.75 Å². The first-order chi connectivity index (χ1) is 15.3. The van der Waals surface area contributed by atoms with E-state index < -0.39 is 6.04 Å². The topological polar surface area (TPSA) is 58.6 Å². The number of hydrogen-bond donors (Lipinski definition) is 1. The van der Waals surface area contributed by atoms with Crippen LogP contribution in [0.3, 0.4) is 0 Å². The monoisotopic (exact) mass is 502 g/mol. The summed E-state index contributed by atoms with van der Waals surface area (Å²) in [6.45, 7) is 10.9. The van der Waals surface area contributed by atoms with Crippen molar-refractivity contribution in [2.24, 2.45) is 5.92 Å². The van der Waals surface area contributed by atoms with Crippen LogP contribution in [0, 0.1) is 12.8 Å². The molecule has 1 atom stereocenters. The van der Waals surface area contributed by atoms with E-state index in [0.717, 1.165) is 22.0 Å². The SMILES string of the molecule is CCc1ccc(OCC(=O)N(Cc2ccccc2C)[C@H](CC)C(=O)NCC(C)C)c(Br)c1. The molecule has 0 aromatic heterocycles. The van der Waals surface area contributed by atoms with Gasteiger partial charge in [0.2, 0.25) is 5.91 Å². The summed E-state index contributed by atoms with van der Waals surface area (Å²) in [6.07, 6.45) is 1.45. The predicted molar refractivity (Wildman–Crippen MR) is 133 cm³/mol. The Labute approximate surface area is 200 Å². The molecule has 0 spiro atoms. The van der Waals surface area contributed by atoms with Crippen molar-refractivity contribution in [3.8, 4) is 5.75 Å². The fraction of sp³-hybridized carbons (Fsp3) is 0.462. The molecule has 0 aliphatic heterocycles. The lowest BCUT2D eigenvalue weighted by molar-refractivity contribution is -0.143. The minimum absolute atomic E-state index is 0.128. The third kappa shape index (κ3) is 7.37. The molecule has 6 heteroatoms. The summed E-state index contributed by atoms with van der Waals surface area (Å²) in [7, 11) is 0. The number of benzene rings is 2.